The van der Waals surface area contributed by atoms with Gasteiger partial charge in [0.05, 0.1) is 29.5 Å². The number of hydrogen-bond donors (Lipinski definition) is 6. The van der Waals surface area contributed by atoms with E-state index in [0.717, 1.165) is 30.6 Å². The van der Waals surface area contributed by atoms with Crippen LogP contribution in [0.25, 0.3) is 10.8 Å². The highest BCUT2D eigenvalue weighted by molar-refractivity contribution is 7.92. The van der Waals surface area contributed by atoms with Gasteiger partial charge in [0, 0.05) is 40.7 Å². The number of aliphatic hydroxyl groups excluding tert-OH is 1. The van der Waals surface area contributed by atoms with E-state index in [0.29, 0.717) is 40.2 Å². The Morgan fingerprint density at radius 2 is 1.37 bits per heavy atom. The maximum atomic E-state index is 13.2. The van der Waals surface area contributed by atoms with Crippen LogP contribution in [0, 0.1) is 6.92 Å². The van der Waals surface area contributed by atoms with Gasteiger partial charge >= 0.3 is 0 Å². The number of aromatic hydroxyl groups is 1. The number of nitrogens with zero attached hydrogens (tertiary/aromatic N) is 4. The molecule has 6 N–H and O–H groups in total. The van der Waals surface area contributed by atoms with Crippen LogP contribution in [-0.4, -0.2) is 51.4 Å². The number of sulfonamides is 1. The number of hydrogen-bond acceptors (Lipinski definition) is 13. The summed E-state index contributed by atoms with van der Waals surface area (Å²) in [6.07, 6.45) is 7.26. The number of ether oxygens (including phenoxy) is 1. The van der Waals surface area contributed by atoms with Gasteiger partial charge in [-0.25, -0.2) is 8.42 Å². The second kappa shape index (κ2) is 21.1. The van der Waals surface area contributed by atoms with Crippen LogP contribution in [-0.2, 0) is 20.1 Å². The van der Waals surface area contributed by atoms with Crippen LogP contribution in [0.2, 0.25) is 0 Å². The molecule has 15 nitrogen and oxygen atoms in total. The van der Waals surface area contributed by atoms with Crippen molar-refractivity contribution in [3.05, 3.63) is 121 Å². The zero-order valence-corrected chi connectivity index (χ0v) is 36.8. The number of para-hydroxylation sites is 1. The van der Waals surface area contributed by atoms with Crippen LogP contribution >= 0.6 is 0 Å². The van der Waals surface area contributed by atoms with E-state index in [2.05, 4.69) is 42.7 Å². The Morgan fingerprint density at radius 1 is 0.698 bits per heavy atom. The molecule has 0 aliphatic carbocycles. The summed E-state index contributed by atoms with van der Waals surface area (Å²) in [6.45, 7) is 4.33. The fourth-order valence-corrected chi connectivity index (χ4v) is 8.41. The van der Waals surface area contributed by atoms with Crippen molar-refractivity contribution in [3.63, 3.8) is 0 Å². The molecule has 0 aromatic heterocycles. The van der Waals surface area contributed by atoms with Crippen molar-refractivity contribution in [2.24, 2.45) is 20.5 Å². The molecule has 17 heteroatoms. The first-order chi connectivity index (χ1) is 30.2. The number of phenols is 1. The molecule has 6 rings (SSSR count). The lowest BCUT2D eigenvalue weighted by atomic mass is 10.1. The standard InChI is InChI=1S/C46H51N7O8S2/c1-4-5-6-7-8-12-15-38(54)30-47-33-16-18-36(19-17-33)53-62(56,57)39-23-20-35(21-24-39)49-50-41-29-43(61-3)42(26-31(41)2)51-52-45-44(63(58,59)60)28-32-27-37(22-25-40(32)46(45)55)48-34-13-10-9-11-14-34/h9-11,13-14,16-29,38,47-48,53-55H,4-8,12,15,30H2,1-3H3,(H,58,59,60). The highest BCUT2D eigenvalue weighted by atomic mass is 32.2. The summed E-state index contributed by atoms with van der Waals surface area (Å²) in [6, 6.07) is 31.3. The number of methoxy groups -OCH3 is 1. The fourth-order valence-electron chi connectivity index (χ4n) is 6.70. The van der Waals surface area contributed by atoms with Crippen molar-refractivity contribution in [2.45, 2.75) is 74.7 Å². The van der Waals surface area contributed by atoms with Crippen LogP contribution in [0.5, 0.6) is 11.5 Å². The lowest BCUT2D eigenvalue weighted by Gasteiger charge is -2.13. The molecule has 0 saturated carbocycles. The number of rotatable bonds is 21. The Kier molecular flexibility index (Phi) is 15.5. The number of aryl methyl sites for hydroxylation is 1. The highest BCUT2D eigenvalue weighted by Crippen LogP contribution is 2.44. The largest absolute Gasteiger partial charge is 0.505 e. The molecule has 0 bridgehead atoms. The van der Waals surface area contributed by atoms with Gasteiger partial charge in [-0.1, -0.05) is 63.6 Å². The molecule has 0 amide bonds. The van der Waals surface area contributed by atoms with Crippen LogP contribution in [0.15, 0.2) is 146 Å². The minimum atomic E-state index is -4.86. The average molecular weight is 894 g/mol. The first-order valence-corrected chi connectivity index (χ1v) is 23.4. The summed E-state index contributed by atoms with van der Waals surface area (Å²) < 4.78 is 69.6. The van der Waals surface area contributed by atoms with E-state index in [9.17, 15) is 31.6 Å². The van der Waals surface area contributed by atoms with Gasteiger partial charge in [-0.2, -0.15) is 18.6 Å². The molecule has 0 spiro atoms. The zero-order valence-electron chi connectivity index (χ0n) is 35.2. The number of nitrogens with one attached hydrogen (secondary N) is 3. The van der Waals surface area contributed by atoms with Crippen molar-refractivity contribution in [2.75, 3.05) is 29.0 Å². The molecule has 0 fully saturated rings. The van der Waals surface area contributed by atoms with Gasteiger partial charge in [0.2, 0.25) is 0 Å². The molecule has 0 aliphatic heterocycles. The maximum Gasteiger partial charge on any atom is 0.296 e. The molecule has 0 aliphatic rings. The lowest BCUT2D eigenvalue weighted by Crippen LogP contribution is -2.19. The van der Waals surface area contributed by atoms with Gasteiger partial charge in [0.1, 0.15) is 22.0 Å². The topological polar surface area (TPSA) is 224 Å². The van der Waals surface area contributed by atoms with Gasteiger partial charge in [-0.15, -0.1) is 10.2 Å². The van der Waals surface area contributed by atoms with E-state index >= 15 is 0 Å². The minimum absolute atomic E-state index is 0.0217. The molecule has 0 radical (unpaired) electrons. The molecule has 63 heavy (non-hydrogen) atoms. The molecule has 1 atom stereocenters. The van der Waals surface area contributed by atoms with Gasteiger partial charge in [-0.05, 0) is 115 Å². The van der Waals surface area contributed by atoms with Crippen molar-refractivity contribution >= 4 is 76.4 Å². The van der Waals surface area contributed by atoms with Gasteiger partial charge in [0.25, 0.3) is 20.1 Å². The smallest absolute Gasteiger partial charge is 0.296 e. The van der Waals surface area contributed by atoms with E-state index in [4.69, 9.17) is 4.74 Å². The summed E-state index contributed by atoms with van der Waals surface area (Å²) in [5.74, 6) is -0.305. The zero-order chi connectivity index (χ0) is 45.0. The monoisotopic (exact) mass is 893 g/mol. The Labute approximate surface area is 367 Å². The van der Waals surface area contributed by atoms with Crippen LogP contribution in [0.3, 0.4) is 0 Å². The van der Waals surface area contributed by atoms with Crippen molar-refractivity contribution in [1.82, 2.24) is 0 Å². The van der Waals surface area contributed by atoms with Crippen molar-refractivity contribution in [1.29, 1.82) is 0 Å². The number of unbranched alkanes of at least 4 members (excludes halogenated alkanes) is 5. The van der Waals surface area contributed by atoms with E-state index < -0.39 is 42.6 Å². The molecule has 1 unspecified atom stereocenters. The third kappa shape index (κ3) is 12.6. The molecule has 6 aromatic carbocycles. The number of phenolic OH excluding ortho intramolecular Hbond substituents is 1. The molecular formula is C46H51N7O8S2. The number of fused-ring (bicyclic) bond motifs is 1. The van der Waals surface area contributed by atoms with Gasteiger partial charge in [0.15, 0.2) is 5.75 Å². The van der Waals surface area contributed by atoms with E-state index in [1.54, 1.807) is 61.5 Å². The van der Waals surface area contributed by atoms with Crippen LogP contribution < -0.4 is 20.1 Å². The molecule has 6 aromatic rings. The molecule has 0 saturated heterocycles. The van der Waals surface area contributed by atoms with Gasteiger partial charge < -0.3 is 25.6 Å². The molecule has 0 heterocycles. The summed E-state index contributed by atoms with van der Waals surface area (Å²) >= 11 is 0. The lowest BCUT2D eigenvalue weighted by molar-refractivity contribution is 0.173. The number of anilines is 4. The minimum Gasteiger partial charge on any atom is -0.505 e. The van der Waals surface area contributed by atoms with E-state index in [1.165, 1.54) is 63.1 Å². The third-order valence-electron chi connectivity index (χ3n) is 10.1. The summed E-state index contributed by atoms with van der Waals surface area (Å²) in [5.41, 5.74) is 3.62. The third-order valence-corrected chi connectivity index (χ3v) is 12.4. The summed E-state index contributed by atoms with van der Waals surface area (Å²) in [5, 5.41) is 45.4. The van der Waals surface area contributed by atoms with E-state index in [-0.39, 0.29) is 21.7 Å². The first kappa shape index (κ1) is 46.1. The predicted octanol–water partition coefficient (Wildman–Crippen LogP) is 12.0. The Balaban J connectivity index is 1.10. The SMILES string of the molecule is CCCCCCCCC(O)CNc1ccc(NS(=O)(=O)c2ccc(N=Nc3cc(OC)c(N=Nc4c(S(=O)(=O)O)cc5cc(Nc6ccccc6)ccc5c4O)cc3C)cc2)cc1. The highest BCUT2D eigenvalue weighted by Gasteiger charge is 2.23. The van der Waals surface area contributed by atoms with Crippen LogP contribution in [0.4, 0.5) is 45.5 Å². The number of aliphatic hydroxyl groups is 1. The number of benzene rings is 6. The Hall–Kier alpha value is -6.40. The quantitative estimate of drug-likeness (QED) is 0.0228. The average Bonchev–Trinajstić information content (AvgIpc) is 3.26. The summed E-state index contributed by atoms with van der Waals surface area (Å²) in [4.78, 5) is -0.620. The Bertz CT molecular complexity index is 2790. The van der Waals surface area contributed by atoms with Gasteiger partial charge in [-0.3, -0.25) is 9.27 Å². The number of azo groups is 2. The van der Waals surface area contributed by atoms with Crippen molar-refractivity contribution < 1.29 is 36.3 Å². The maximum absolute atomic E-state index is 13.2. The fraction of sp³-hybridized carbons (Fsp3) is 0.261. The van der Waals surface area contributed by atoms with Crippen LogP contribution in [0.1, 0.15) is 57.4 Å². The second-order valence-electron chi connectivity index (χ2n) is 15.0. The van der Waals surface area contributed by atoms with E-state index in [1.807, 2.05) is 30.3 Å². The van der Waals surface area contributed by atoms with Crippen molar-refractivity contribution in [3.8, 4) is 11.5 Å². The first-order valence-electron chi connectivity index (χ1n) is 20.5. The predicted molar refractivity (Wildman–Crippen MR) is 247 cm³/mol. The summed E-state index contributed by atoms with van der Waals surface area (Å²) in [7, 11) is -7.39. The second-order valence-corrected chi connectivity index (χ2v) is 18.0. The molecule has 330 valence electrons. The molecular weight excluding hydrogens is 843 g/mol. The Morgan fingerprint density at radius 3 is 2.06 bits per heavy atom. The normalized spacial score (nSPS) is 12.5.